The Balaban J connectivity index is 3.89. The van der Waals surface area contributed by atoms with Crippen molar-refractivity contribution in [2.45, 2.75) is 26.2 Å². The molecule has 5 heteroatoms. The fourth-order valence-electron chi connectivity index (χ4n) is 0.626. The molecule has 0 spiro atoms. The minimum Gasteiger partial charge on any atom is -0.412 e. The highest BCUT2D eigenvalue weighted by Gasteiger charge is 2.34. The van der Waals surface area contributed by atoms with Gasteiger partial charge in [0.15, 0.2) is 0 Å². The van der Waals surface area contributed by atoms with Crippen molar-refractivity contribution in [1.82, 2.24) is 0 Å². The maximum atomic E-state index is 12.9. The third-order valence-electron chi connectivity index (χ3n) is 0.980. The summed E-state index contributed by atoms with van der Waals surface area (Å²) < 4.78 is 23.1. The Kier molecular flexibility index (Phi) is 3.21. The van der Waals surface area contributed by atoms with Crippen LogP contribution in [0.1, 0.15) is 0 Å². The van der Waals surface area contributed by atoms with Crippen molar-refractivity contribution >= 4 is 17.2 Å². The van der Waals surface area contributed by atoms with Gasteiger partial charge < -0.3 is 8.54 Å². The summed E-state index contributed by atoms with van der Waals surface area (Å²) in [4.78, 5) is 0. The molecule has 62 valence electrons. The average molecular weight is 182 g/mol. The molecule has 0 rings (SSSR count). The Bertz CT molecular complexity index is 111. The van der Waals surface area contributed by atoms with Gasteiger partial charge in [-0.25, -0.2) is 0 Å². The molecule has 0 N–H and O–H groups in total. The zero-order valence-corrected chi connectivity index (χ0v) is 9.19. The lowest BCUT2D eigenvalue weighted by molar-refractivity contribution is 0.296. The van der Waals surface area contributed by atoms with Gasteiger partial charge >= 0.3 is 17.2 Å². The molecule has 0 atom stereocenters. The summed E-state index contributed by atoms with van der Waals surface area (Å²) in [6, 6.07) is 0. The van der Waals surface area contributed by atoms with Crippen LogP contribution in [0.4, 0.5) is 4.11 Å². The van der Waals surface area contributed by atoms with Crippen LogP contribution in [0.2, 0.25) is 26.2 Å². The predicted octanol–water partition coefficient (Wildman–Crippen LogP) is 2.02. The third kappa shape index (κ3) is 5.10. The highest BCUT2D eigenvalue weighted by Crippen LogP contribution is 2.14. The Morgan fingerprint density at radius 2 is 1.50 bits per heavy atom. The van der Waals surface area contributed by atoms with Gasteiger partial charge in [-0.2, -0.15) is 0 Å². The monoisotopic (exact) mass is 182 g/mol. The Hall–Kier alpha value is 0.284. The van der Waals surface area contributed by atoms with Gasteiger partial charge in [0.25, 0.3) is 0 Å². The number of rotatable bonds is 3. The van der Waals surface area contributed by atoms with Crippen molar-refractivity contribution in [3.05, 3.63) is 0 Å². The molecule has 0 heterocycles. The largest absolute Gasteiger partial charge is 0.412 e. The molecule has 0 aliphatic carbocycles. The molecule has 0 aromatic carbocycles. The molecular formula is C5H15FO2Si2. The lowest BCUT2D eigenvalue weighted by Gasteiger charge is -2.25. The van der Waals surface area contributed by atoms with Gasteiger partial charge in [0.05, 0.1) is 0 Å². The first-order valence-corrected chi connectivity index (χ1v) is 8.81. The number of hydrogen-bond donors (Lipinski definition) is 0. The van der Waals surface area contributed by atoms with Crippen molar-refractivity contribution < 1.29 is 12.6 Å². The second-order valence-electron chi connectivity index (χ2n) is 3.07. The summed E-state index contributed by atoms with van der Waals surface area (Å²) in [5.74, 6) is 0. The second-order valence-corrected chi connectivity index (χ2v) is 9.82. The zero-order chi connectivity index (χ0) is 8.41. The smallest absolute Gasteiger partial charge is 0.369 e. The molecule has 2 nitrogen and oxygen atoms in total. The molecule has 0 aliphatic rings. The molecule has 0 saturated heterocycles. The standard InChI is InChI=1S/C5H15FO2Si2/c1-7-10(4,5)8-9(2,3)6/h1-5H3. The summed E-state index contributed by atoms with van der Waals surface area (Å²) >= 11 is 0. The molecule has 0 fully saturated rings. The summed E-state index contributed by atoms with van der Waals surface area (Å²) in [6.45, 7) is 6.70. The minimum absolute atomic E-state index is 1.51. The summed E-state index contributed by atoms with van der Waals surface area (Å²) in [5.41, 5.74) is 0. The first-order chi connectivity index (χ1) is 4.27. The Morgan fingerprint density at radius 3 is 1.60 bits per heavy atom. The van der Waals surface area contributed by atoms with Crippen LogP contribution in [0, 0.1) is 0 Å². The van der Waals surface area contributed by atoms with Crippen LogP contribution in [-0.4, -0.2) is 24.3 Å². The van der Waals surface area contributed by atoms with E-state index in [0.717, 1.165) is 0 Å². The molecule has 0 aromatic rings. The van der Waals surface area contributed by atoms with Gasteiger partial charge in [-0.3, -0.25) is 4.11 Å². The van der Waals surface area contributed by atoms with E-state index >= 15 is 0 Å². The molecule has 0 unspecified atom stereocenters. The lowest BCUT2D eigenvalue weighted by atomic mass is 11.8. The third-order valence-corrected chi connectivity index (χ3v) is 5.87. The molecule has 0 saturated carbocycles. The van der Waals surface area contributed by atoms with E-state index in [1.807, 2.05) is 13.1 Å². The lowest BCUT2D eigenvalue weighted by Crippen LogP contribution is -2.43. The predicted molar refractivity (Wildman–Crippen MR) is 44.2 cm³/mol. The van der Waals surface area contributed by atoms with Crippen LogP contribution >= 0.6 is 0 Å². The van der Waals surface area contributed by atoms with E-state index in [0.29, 0.717) is 0 Å². The van der Waals surface area contributed by atoms with Gasteiger partial charge in [-0.1, -0.05) is 0 Å². The van der Waals surface area contributed by atoms with Gasteiger partial charge in [0.2, 0.25) is 0 Å². The van der Waals surface area contributed by atoms with Crippen LogP contribution in [0.5, 0.6) is 0 Å². The summed E-state index contributed by atoms with van der Waals surface area (Å²) in [5, 5.41) is 0. The maximum absolute atomic E-state index is 12.9. The van der Waals surface area contributed by atoms with Crippen LogP contribution < -0.4 is 0 Å². The van der Waals surface area contributed by atoms with E-state index in [4.69, 9.17) is 8.54 Å². The Labute approximate surface area is 63.9 Å². The highest BCUT2D eigenvalue weighted by molar-refractivity contribution is 6.78. The van der Waals surface area contributed by atoms with Gasteiger partial charge in [-0.05, 0) is 26.2 Å². The molecule has 0 aliphatic heterocycles. The highest BCUT2D eigenvalue weighted by atomic mass is 28.5. The van der Waals surface area contributed by atoms with E-state index in [1.54, 1.807) is 7.11 Å². The van der Waals surface area contributed by atoms with Gasteiger partial charge in [-0.15, -0.1) is 0 Å². The summed E-state index contributed by atoms with van der Waals surface area (Å²) in [6.07, 6.45) is 0. The quantitative estimate of drug-likeness (QED) is 0.491. The second kappa shape index (κ2) is 3.12. The van der Waals surface area contributed by atoms with Crippen LogP contribution in [0.3, 0.4) is 0 Å². The molecular weight excluding hydrogens is 167 g/mol. The average Bonchev–Trinajstić information content (AvgIpc) is 1.60. The van der Waals surface area contributed by atoms with E-state index < -0.39 is 17.2 Å². The van der Waals surface area contributed by atoms with Crippen molar-refractivity contribution in [1.29, 1.82) is 0 Å². The fraction of sp³-hybridized carbons (Fsp3) is 1.00. The SMILES string of the molecule is CO[Si](C)(C)O[Si](C)(C)F. The summed E-state index contributed by atoms with van der Waals surface area (Å²) in [7, 11) is -3.44. The number of hydrogen-bond acceptors (Lipinski definition) is 2. The van der Waals surface area contributed by atoms with Crippen LogP contribution in [0.25, 0.3) is 0 Å². The maximum Gasteiger partial charge on any atom is 0.369 e. The van der Waals surface area contributed by atoms with E-state index in [2.05, 4.69) is 0 Å². The van der Waals surface area contributed by atoms with Crippen molar-refractivity contribution in [2.24, 2.45) is 0 Å². The van der Waals surface area contributed by atoms with Gasteiger partial charge in [0, 0.05) is 7.11 Å². The van der Waals surface area contributed by atoms with Crippen molar-refractivity contribution in [3.63, 3.8) is 0 Å². The normalized spacial score (nSPS) is 13.8. The number of halogens is 1. The van der Waals surface area contributed by atoms with E-state index in [-0.39, 0.29) is 0 Å². The topological polar surface area (TPSA) is 18.5 Å². The van der Waals surface area contributed by atoms with Crippen LogP contribution in [0.15, 0.2) is 0 Å². The van der Waals surface area contributed by atoms with E-state index in [9.17, 15) is 4.11 Å². The fourth-order valence-corrected chi connectivity index (χ4v) is 5.64. The molecule has 0 bridgehead atoms. The van der Waals surface area contributed by atoms with Crippen LogP contribution in [-0.2, 0) is 8.54 Å². The molecule has 0 aromatic heterocycles. The van der Waals surface area contributed by atoms with E-state index in [1.165, 1.54) is 13.1 Å². The first-order valence-electron chi connectivity index (χ1n) is 3.21. The molecule has 0 radical (unpaired) electrons. The van der Waals surface area contributed by atoms with Crippen molar-refractivity contribution in [3.8, 4) is 0 Å². The zero-order valence-electron chi connectivity index (χ0n) is 7.19. The van der Waals surface area contributed by atoms with Gasteiger partial charge in [0.1, 0.15) is 0 Å². The first kappa shape index (κ1) is 10.3. The molecule has 10 heavy (non-hydrogen) atoms. The van der Waals surface area contributed by atoms with Crippen molar-refractivity contribution in [2.75, 3.05) is 7.11 Å². The minimum atomic E-state index is -2.88. The molecule has 0 amide bonds. The Morgan fingerprint density at radius 1 is 1.10 bits per heavy atom.